The number of aryl methyl sites for hydroxylation is 2. The second-order valence-corrected chi connectivity index (χ2v) is 8.51. The van der Waals surface area contributed by atoms with Crippen LogP contribution in [0.4, 0.5) is 13.2 Å². The molecule has 180 valence electrons. The number of halogens is 3. The van der Waals surface area contributed by atoms with E-state index in [9.17, 15) is 13.2 Å². The van der Waals surface area contributed by atoms with Gasteiger partial charge in [-0.05, 0) is 64.4 Å². The van der Waals surface area contributed by atoms with Gasteiger partial charge in [0.2, 0.25) is 0 Å². The normalized spacial score (nSPS) is 13.3. The van der Waals surface area contributed by atoms with Crippen LogP contribution in [0.15, 0.2) is 77.7 Å². The number of benzene rings is 3. The number of hydrogen-bond acceptors (Lipinski definition) is 4. The van der Waals surface area contributed by atoms with Gasteiger partial charge in [-0.2, -0.15) is 18.3 Å². The van der Waals surface area contributed by atoms with E-state index in [1.807, 2.05) is 0 Å². The van der Waals surface area contributed by atoms with Crippen molar-refractivity contribution >= 4 is 21.5 Å². The average Bonchev–Trinajstić information content (AvgIpc) is 3.55. The molecule has 6 rings (SSSR count). The van der Waals surface area contributed by atoms with Crippen LogP contribution in [0.5, 0.6) is 5.95 Å². The zero-order valence-corrected chi connectivity index (χ0v) is 19.0. The molecule has 0 fully saturated rings. The molecular weight excluding hydrogens is 455 g/mol. The zero-order valence-electron chi connectivity index (χ0n) is 19.0. The molecule has 0 saturated carbocycles. The molecule has 0 aliphatic heterocycles. The predicted molar refractivity (Wildman–Crippen MR) is 127 cm³/mol. The monoisotopic (exact) mass is 479 g/mol. The first-order valence-corrected chi connectivity index (χ1v) is 11.5. The lowest BCUT2D eigenvalue weighted by atomic mass is 9.86. The van der Waals surface area contributed by atoms with Crippen LogP contribution in [0, 0.1) is 0 Å². The van der Waals surface area contributed by atoms with Crippen molar-refractivity contribution in [2.45, 2.75) is 38.4 Å². The summed E-state index contributed by atoms with van der Waals surface area (Å²) in [5, 5.41) is 9.47. The van der Waals surface area contributed by atoms with E-state index in [1.54, 1.807) is 11.1 Å². The van der Waals surface area contributed by atoms with Crippen molar-refractivity contribution in [2.24, 2.45) is 0 Å². The smallest absolute Gasteiger partial charge is 0.422 e. The summed E-state index contributed by atoms with van der Waals surface area (Å²) in [7, 11) is 0. The molecule has 35 heavy (non-hydrogen) atoms. The maximum Gasteiger partial charge on any atom is 0.422 e. The lowest BCUT2D eigenvalue weighted by Gasteiger charge is -2.18. The zero-order chi connectivity index (χ0) is 24.3. The van der Waals surface area contributed by atoms with Crippen molar-refractivity contribution in [1.29, 1.82) is 0 Å². The van der Waals surface area contributed by atoms with Gasteiger partial charge >= 0.3 is 6.18 Å². The number of ether oxygens (including phenoxy) is 1. The Morgan fingerprint density at radius 1 is 0.886 bits per heavy atom. The Labute approximate surface area is 200 Å². The molecule has 0 saturated heterocycles. The van der Waals surface area contributed by atoms with E-state index in [2.05, 4.69) is 63.4 Å². The highest BCUT2D eigenvalue weighted by Crippen LogP contribution is 2.33. The van der Waals surface area contributed by atoms with Crippen LogP contribution in [0.2, 0.25) is 0 Å². The summed E-state index contributed by atoms with van der Waals surface area (Å²) in [4.78, 5) is 3.72. The van der Waals surface area contributed by atoms with Gasteiger partial charge in [-0.3, -0.25) is 0 Å². The first-order valence-electron chi connectivity index (χ1n) is 11.5. The molecule has 2 aromatic heterocycles. The molecule has 0 N–H and O–H groups in total. The standard InChI is InChI=1S/C18H16.C9H8F3N3O2/c1-3-7-15-13(5-1)9-11-18-16-8-4-2-6-14(16)10-12-17(15)18;10-9(11,12)4-16-8-2-1-7(17-8)3-15-6-13-5-14-15/h1,3,5,7,9-12H,2,4,6,8H2;1-2,5-6H,3-4H2. The fourth-order valence-electron chi connectivity index (χ4n) is 4.49. The number of hydrogen-bond donors (Lipinski definition) is 0. The van der Waals surface area contributed by atoms with Gasteiger partial charge < -0.3 is 9.15 Å². The minimum Gasteiger partial charge on any atom is -0.455 e. The number of aromatic nitrogens is 3. The number of fused-ring (bicyclic) bond motifs is 5. The van der Waals surface area contributed by atoms with Crippen molar-refractivity contribution < 1.29 is 22.3 Å². The Kier molecular flexibility index (Phi) is 6.44. The molecule has 5 aromatic rings. The van der Waals surface area contributed by atoms with Crippen LogP contribution < -0.4 is 4.74 Å². The van der Waals surface area contributed by atoms with Crippen LogP contribution in [0.3, 0.4) is 0 Å². The SMILES string of the molecule is FC(F)(F)COc1ccc(Cn2cncn2)o1.c1ccc2c(c1)ccc1c3c(ccc12)CCCC3. The lowest BCUT2D eigenvalue weighted by molar-refractivity contribution is -0.156. The Balaban J connectivity index is 0.000000145. The molecule has 1 aliphatic carbocycles. The summed E-state index contributed by atoms with van der Waals surface area (Å²) in [6.45, 7) is -1.08. The van der Waals surface area contributed by atoms with Crippen LogP contribution in [-0.4, -0.2) is 27.5 Å². The molecule has 3 aromatic carbocycles. The molecule has 0 spiro atoms. The van der Waals surface area contributed by atoms with Gasteiger partial charge in [0.15, 0.2) is 6.61 Å². The first-order chi connectivity index (χ1) is 17.0. The molecule has 0 bridgehead atoms. The van der Waals surface area contributed by atoms with Crippen molar-refractivity contribution in [3.63, 3.8) is 0 Å². The van der Waals surface area contributed by atoms with E-state index >= 15 is 0 Å². The number of furan rings is 1. The van der Waals surface area contributed by atoms with E-state index in [0.717, 1.165) is 0 Å². The summed E-state index contributed by atoms with van der Waals surface area (Å²) in [5.74, 6) is 0.269. The van der Waals surface area contributed by atoms with Gasteiger partial charge in [-0.25, -0.2) is 9.67 Å². The third kappa shape index (κ3) is 5.48. The highest BCUT2D eigenvalue weighted by Gasteiger charge is 2.29. The fourth-order valence-corrected chi connectivity index (χ4v) is 4.49. The molecule has 2 heterocycles. The molecule has 0 atom stereocenters. The molecule has 8 heteroatoms. The third-order valence-corrected chi connectivity index (χ3v) is 6.06. The van der Waals surface area contributed by atoms with E-state index in [4.69, 9.17) is 4.42 Å². The van der Waals surface area contributed by atoms with Crippen LogP contribution in [0.25, 0.3) is 21.5 Å². The minimum atomic E-state index is -4.38. The summed E-state index contributed by atoms with van der Waals surface area (Å²) in [6, 6.07) is 20.8. The number of nitrogens with zero attached hydrogens (tertiary/aromatic N) is 3. The Bertz CT molecular complexity index is 1430. The maximum atomic E-state index is 11.9. The van der Waals surface area contributed by atoms with Gasteiger partial charge in [0.05, 0.1) is 0 Å². The fraction of sp³-hybridized carbons (Fsp3) is 0.259. The Morgan fingerprint density at radius 2 is 1.71 bits per heavy atom. The highest BCUT2D eigenvalue weighted by atomic mass is 19.4. The average molecular weight is 480 g/mol. The number of alkyl halides is 3. The van der Waals surface area contributed by atoms with E-state index in [0.29, 0.717) is 5.76 Å². The van der Waals surface area contributed by atoms with E-state index in [1.165, 1.54) is 76.7 Å². The van der Waals surface area contributed by atoms with Crippen molar-refractivity contribution in [1.82, 2.24) is 14.8 Å². The molecule has 0 unspecified atom stereocenters. The Morgan fingerprint density at radius 3 is 2.54 bits per heavy atom. The van der Waals surface area contributed by atoms with Crippen LogP contribution in [0.1, 0.15) is 29.7 Å². The van der Waals surface area contributed by atoms with Crippen LogP contribution in [-0.2, 0) is 19.4 Å². The third-order valence-electron chi connectivity index (χ3n) is 6.06. The molecule has 0 radical (unpaired) electrons. The van der Waals surface area contributed by atoms with E-state index in [-0.39, 0.29) is 12.5 Å². The molecule has 1 aliphatic rings. The molecule has 5 nitrogen and oxygen atoms in total. The minimum absolute atomic E-state index is 0.169. The van der Waals surface area contributed by atoms with Gasteiger partial charge in [0, 0.05) is 6.07 Å². The summed E-state index contributed by atoms with van der Waals surface area (Å²) in [6.07, 6.45) is 3.66. The lowest BCUT2D eigenvalue weighted by Crippen LogP contribution is -2.18. The predicted octanol–water partition coefficient (Wildman–Crippen LogP) is 6.73. The molecular formula is C27H24F3N3O2. The van der Waals surface area contributed by atoms with Crippen LogP contribution >= 0.6 is 0 Å². The topological polar surface area (TPSA) is 53.1 Å². The van der Waals surface area contributed by atoms with Crippen molar-refractivity contribution in [3.05, 3.63) is 90.2 Å². The van der Waals surface area contributed by atoms with Gasteiger partial charge in [0.25, 0.3) is 5.95 Å². The van der Waals surface area contributed by atoms with Crippen molar-refractivity contribution in [3.8, 4) is 5.95 Å². The largest absolute Gasteiger partial charge is 0.455 e. The summed E-state index contributed by atoms with van der Waals surface area (Å²) in [5.41, 5.74) is 3.17. The van der Waals surface area contributed by atoms with Gasteiger partial charge in [-0.15, -0.1) is 0 Å². The summed E-state index contributed by atoms with van der Waals surface area (Å²) < 4.78 is 46.5. The quantitative estimate of drug-likeness (QED) is 0.268. The van der Waals surface area contributed by atoms with Crippen molar-refractivity contribution in [2.75, 3.05) is 6.61 Å². The van der Waals surface area contributed by atoms with E-state index < -0.39 is 12.8 Å². The number of rotatable bonds is 4. The molecule has 0 amide bonds. The highest BCUT2D eigenvalue weighted by molar-refractivity contribution is 6.08. The Hall–Kier alpha value is -3.81. The first kappa shape index (κ1) is 23.0. The van der Waals surface area contributed by atoms with Gasteiger partial charge in [-0.1, -0.05) is 48.5 Å². The maximum absolute atomic E-state index is 11.9. The second kappa shape index (κ2) is 9.82. The second-order valence-electron chi connectivity index (χ2n) is 8.51. The van der Waals surface area contributed by atoms with Gasteiger partial charge in [0.1, 0.15) is 25.0 Å². The summed E-state index contributed by atoms with van der Waals surface area (Å²) >= 11 is 0.